The fourth-order valence-corrected chi connectivity index (χ4v) is 3.09. The van der Waals surface area contributed by atoms with Crippen LogP contribution in [-0.2, 0) is 0 Å². The molecule has 0 spiro atoms. The van der Waals surface area contributed by atoms with E-state index in [4.69, 9.17) is 22.1 Å². The van der Waals surface area contributed by atoms with Gasteiger partial charge in [0, 0.05) is 10.7 Å². The number of carbonyl (C=O) groups is 2. The molecule has 1 heterocycles. The topological polar surface area (TPSA) is 72.6 Å². The zero-order chi connectivity index (χ0) is 19.1. The molecule has 134 valence electrons. The molecule has 0 unspecified atom stereocenters. The summed E-state index contributed by atoms with van der Waals surface area (Å²) in [5, 5.41) is 0.497. The minimum atomic E-state index is -0.405. The lowest BCUT2D eigenvalue weighted by Gasteiger charge is -2.14. The Hall–Kier alpha value is -3.31. The molecule has 5 nitrogen and oxygen atoms in total. The first-order valence-electron chi connectivity index (χ1n) is 8.26. The van der Waals surface area contributed by atoms with E-state index in [0.717, 1.165) is 10.5 Å². The molecule has 1 aliphatic heterocycles. The van der Waals surface area contributed by atoms with Crippen molar-refractivity contribution in [2.75, 3.05) is 10.6 Å². The molecule has 0 saturated heterocycles. The SMILES string of the molecule is Cc1ccc(N2C(=O)c3ccc(Oc4ccc(N)cc4)cc3C2=O)cc1Cl. The number of hydrogen-bond acceptors (Lipinski definition) is 4. The summed E-state index contributed by atoms with van der Waals surface area (Å²) < 4.78 is 5.76. The number of benzene rings is 3. The summed E-state index contributed by atoms with van der Waals surface area (Å²) in [4.78, 5) is 26.7. The molecule has 0 radical (unpaired) electrons. The molecule has 0 fully saturated rings. The van der Waals surface area contributed by atoms with E-state index in [1.807, 2.05) is 6.92 Å². The van der Waals surface area contributed by atoms with Crippen molar-refractivity contribution in [1.29, 1.82) is 0 Å². The highest BCUT2D eigenvalue weighted by Crippen LogP contribution is 2.33. The molecule has 27 heavy (non-hydrogen) atoms. The predicted molar refractivity (Wildman–Crippen MR) is 105 cm³/mol. The van der Waals surface area contributed by atoms with E-state index >= 15 is 0 Å². The van der Waals surface area contributed by atoms with Gasteiger partial charge in [-0.2, -0.15) is 0 Å². The van der Waals surface area contributed by atoms with Crippen LogP contribution in [0.1, 0.15) is 26.3 Å². The van der Waals surface area contributed by atoms with E-state index in [0.29, 0.717) is 39.0 Å². The molecule has 3 aromatic carbocycles. The molecule has 4 rings (SSSR count). The molecule has 2 N–H and O–H groups in total. The van der Waals surface area contributed by atoms with Crippen molar-refractivity contribution in [3.05, 3.63) is 82.4 Å². The molecule has 1 aliphatic rings. The number of halogens is 1. The van der Waals surface area contributed by atoms with Crippen LogP contribution in [0.25, 0.3) is 0 Å². The van der Waals surface area contributed by atoms with Crippen LogP contribution >= 0.6 is 11.6 Å². The van der Waals surface area contributed by atoms with Gasteiger partial charge in [0.25, 0.3) is 11.8 Å². The largest absolute Gasteiger partial charge is 0.457 e. The van der Waals surface area contributed by atoms with Crippen LogP contribution in [0.4, 0.5) is 11.4 Å². The van der Waals surface area contributed by atoms with Crippen LogP contribution in [-0.4, -0.2) is 11.8 Å². The summed E-state index contributed by atoms with van der Waals surface area (Å²) in [6, 6.07) is 16.8. The number of rotatable bonds is 3. The van der Waals surface area contributed by atoms with Gasteiger partial charge in [0.1, 0.15) is 11.5 Å². The van der Waals surface area contributed by atoms with Crippen molar-refractivity contribution in [3.63, 3.8) is 0 Å². The maximum Gasteiger partial charge on any atom is 0.266 e. The summed E-state index contributed by atoms with van der Waals surface area (Å²) in [5.41, 5.74) is 8.24. The smallest absolute Gasteiger partial charge is 0.266 e. The molecule has 6 heteroatoms. The fourth-order valence-electron chi connectivity index (χ4n) is 2.91. The number of nitrogens with two attached hydrogens (primary N) is 1. The molecule has 0 aliphatic carbocycles. The normalized spacial score (nSPS) is 13.0. The number of ether oxygens (including phenoxy) is 1. The first-order chi connectivity index (χ1) is 12.9. The molecule has 0 aromatic heterocycles. The number of anilines is 2. The molecule has 0 atom stereocenters. The summed E-state index contributed by atoms with van der Waals surface area (Å²) >= 11 is 6.15. The van der Waals surface area contributed by atoms with Gasteiger partial charge in [-0.15, -0.1) is 0 Å². The van der Waals surface area contributed by atoms with Gasteiger partial charge >= 0.3 is 0 Å². The lowest BCUT2D eigenvalue weighted by atomic mass is 10.1. The Kier molecular flexibility index (Phi) is 4.09. The van der Waals surface area contributed by atoms with Crippen molar-refractivity contribution in [2.45, 2.75) is 6.92 Å². The van der Waals surface area contributed by atoms with E-state index < -0.39 is 5.91 Å². The van der Waals surface area contributed by atoms with Gasteiger partial charge in [0.15, 0.2) is 0 Å². The Bertz CT molecular complexity index is 1080. The highest BCUT2D eigenvalue weighted by molar-refractivity contribution is 6.35. The monoisotopic (exact) mass is 378 g/mol. The van der Waals surface area contributed by atoms with E-state index in [1.165, 1.54) is 0 Å². The van der Waals surface area contributed by atoms with Crippen LogP contribution in [0, 0.1) is 6.92 Å². The third kappa shape index (κ3) is 3.02. The van der Waals surface area contributed by atoms with Gasteiger partial charge in [0.2, 0.25) is 0 Å². The van der Waals surface area contributed by atoms with Crippen molar-refractivity contribution in [3.8, 4) is 11.5 Å². The zero-order valence-electron chi connectivity index (χ0n) is 14.4. The van der Waals surface area contributed by atoms with Gasteiger partial charge < -0.3 is 10.5 Å². The number of imide groups is 1. The first kappa shape index (κ1) is 17.1. The highest BCUT2D eigenvalue weighted by atomic mass is 35.5. The standard InChI is InChI=1S/C21H15ClN2O3/c1-12-2-5-14(10-19(12)22)24-20(25)17-9-8-16(11-18(17)21(24)26)27-15-6-3-13(23)4-7-15/h2-11H,23H2,1H3. The van der Waals surface area contributed by atoms with Gasteiger partial charge in [-0.25, -0.2) is 4.90 Å². The van der Waals surface area contributed by atoms with Crippen LogP contribution in [0.15, 0.2) is 60.7 Å². The summed E-state index contributed by atoms with van der Waals surface area (Å²) in [6.07, 6.45) is 0. The minimum absolute atomic E-state index is 0.296. The number of nitrogen functional groups attached to an aromatic ring is 1. The quantitative estimate of drug-likeness (QED) is 0.523. The molecular weight excluding hydrogens is 364 g/mol. The zero-order valence-corrected chi connectivity index (χ0v) is 15.2. The Balaban J connectivity index is 1.66. The first-order valence-corrected chi connectivity index (χ1v) is 8.64. The number of aryl methyl sites for hydroxylation is 1. The lowest BCUT2D eigenvalue weighted by molar-refractivity contribution is 0.0926. The molecule has 0 bridgehead atoms. The van der Waals surface area contributed by atoms with Crippen LogP contribution in [0.3, 0.4) is 0 Å². The average Bonchev–Trinajstić information content (AvgIpc) is 2.90. The average molecular weight is 379 g/mol. The number of hydrogen-bond donors (Lipinski definition) is 1. The fraction of sp³-hybridized carbons (Fsp3) is 0.0476. The lowest BCUT2D eigenvalue weighted by Crippen LogP contribution is -2.29. The van der Waals surface area contributed by atoms with Gasteiger partial charge in [0.05, 0.1) is 16.8 Å². The maximum absolute atomic E-state index is 12.8. The third-order valence-electron chi connectivity index (χ3n) is 4.39. The number of carbonyl (C=O) groups excluding carboxylic acids is 2. The summed E-state index contributed by atoms with van der Waals surface area (Å²) in [5.74, 6) is 0.262. The maximum atomic E-state index is 12.8. The van der Waals surface area contributed by atoms with Crippen molar-refractivity contribution in [1.82, 2.24) is 0 Å². The van der Waals surface area contributed by atoms with Gasteiger partial charge in [-0.05, 0) is 67.1 Å². The van der Waals surface area contributed by atoms with E-state index in [1.54, 1.807) is 60.7 Å². The summed E-state index contributed by atoms with van der Waals surface area (Å²) in [7, 11) is 0. The third-order valence-corrected chi connectivity index (χ3v) is 4.79. The Morgan fingerprint density at radius 2 is 1.52 bits per heavy atom. The van der Waals surface area contributed by atoms with E-state index in [9.17, 15) is 9.59 Å². The van der Waals surface area contributed by atoms with Gasteiger partial charge in [-0.1, -0.05) is 17.7 Å². The Labute approximate surface area is 160 Å². The number of fused-ring (bicyclic) bond motifs is 1. The van der Waals surface area contributed by atoms with Crippen LogP contribution in [0.2, 0.25) is 5.02 Å². The molecule has 0 saturated carbocycles. The Morgan fingerprint density at radius 3 is 2.22 bits per heavy atom. The van der Waals surface area contributed by atoms with E-state index in [-0.39, 0.29) is 5.91 Å². The molecule has 2 amide bonds. The second-order valence-corrected chi connectivity index (χ2v) is 6.66. The van der Waals surface area contributed by atoms with Crippen LogP contribution in [0.5, 0.6) is 11.5 Å². The summed E-state index contributed by atoms with van der Waals surface area (Å²) in [6.45, 7) is 1.86. The molecular formula is C21H15ClN2O3. The van der Waals surface area contributed by atoms with Crippen LogP contribution < -0.4 is 15.4 Å². The van der Waals surface area contributed by atoms with Crippen molar-refractivity contribution >= 4 is 34.8 Å². The second-order valence-electron chi connectivity index (χ2n) is 6.26. The number of amides is 2. The van der Waals surface area contributed by atoms with E-state index in [2.05, 4.69) is 0 Å². The van der Waals surface area contributed by atoms with Crippen molar-refractivity contribution < 1.29 is 14.3 Å². The predicted octanol–water partition coefficient (Wildman–Crippen LogP) is 4.82. The van der Waals surface area contributed by atoms with Crippen molar-refractivity contribution in [2.24, 2.45) is 0 Å². The number of nitrogens with zero attached hydrogens (tertiary/aromatic N) is 1. The Morgan fingerprint density at radius 1 is 0.852 bits per heavy atom. The molecule has 3 aromatic rings. The second kappa shape index (κ2) is 6.45. The highest BCUT2D eigenvalue weighted by Gasteiger charge is 2.37. The van der Waals surface area contributed by atoms with Gasteiger partial charge in [-0.3, -0.25) is 9.59 Å². The minimum Gasteiger partial charge on any atom is -0.457 e.